The summed E-state index contributed by atoms with van der Waals surface area (Å²) >= 11 is 0. The van der Waals surface area contributed by atoms with Gasteiger partial charge >= 0.3 is 0 Å². The van der Waals surface area contributed by atoms with Crippen molar-refractivity contribution in [2.24, 2.45) is 0 Å². The van der Waals surface area contributed by atoms with Crippen LogP contribution >= 0.6 is 0 Å². The molecule has 0 aliphatic rings. The van der Waals surface area contributed by atoms with Gasteiger partial charge in [-0.1, -0.05) is 12.1 Å². The van der Waals surface area contributed by atoms with E-state index in [4.69, 9.17) is 19.9 Å². The van der Waals surface area contributed by atoms with Crippen molar-refractivity contribution in [2.45, 2.75) is 6.61 Å². The van der Waals surface area contributed by atoms with E-state index in [2.05, 4.69) is 9.97 Å². The van der Waals surface area contributed by atoms with Crippen molar-refractivity contribution in [3.63, 3.8) is 0 Å². The summed E-state index contributed by atoms with van der Waals surface area (Å²) in [5.41, 5.74) is 8.26. The third-order valence-electron chi connectivity index (χ3n) is 4.64. The van der Waals surface area contributed by atoms with Crippen LogP contribution in [0, 0.1) is 5.82 Å². The third kappa shape index (κ3) is 3.96. The molecule has 0 aliphatic carbocycles. The van der Waals surface area contributed by atoms with Gasteiger partial charge in [0, 0.05) is 17.0 Å². The average molecular weight is 405 g/mol. The number of ether oxygens (including phenoxy) is 3. The standard InChI is InChI=1S/C23H20FN3O3/c1-28-17-7-8-18-19(12-17)26-23(27-22(18)25)15-6-9-20(21(11-15)29-2)30-13-14-4-3-5-16(24)10-14/h3-12H,13H2,1-2H3,(H2,25,26,27). The largest absolute Gasteiger partial charge is 0.497 e. The van der Waals surface area contributed by atoms with E-state index in [1.54, 1.807) is 38.5 Å². The van der Waals surface area contributed by atoms with Crippen LogP contribution < -0.4 is 19.9 Å². The number of aromatic nitrogens is 2. The van der Waals surface area contributed by atoms with Crippen LogP contribution in [-0.2, 0) is 6.61 Å². The molecule has 6 nitrogen and oxygen atoms in total. The minimum absolute atomic E-state index is 0.215. The van der Waals surface area contributed by atoms with Gasteiger partial charge in [0.15, 0.2) is 17.3 Å². The molecule has 0 fully saturated rings. The third-order valence-corrected chi connectivity index (χ3v) is 4.64. The van der Waals surface area contributed by atoms with Gasteiger partial charge in [-0.3, -0.25) is 0 Å². The first kappa shape index (κ1) is 19.4. The van der Waals surface area contributed by atoms with Crippen molar-refractivity contribution >= 4 is 16.7 Å². The van der Waals surface area contributed by atoms with Crippen molar-refractivity contribution in [1.82, 2.24) is 9.97 Å². The molecule has 0 saturated carbocycles. The molecule has 0 saturated heterocycles. The summed E-state index contributed by atoms with van der Waals surface area (Å²) in [7, 11) is 3.15. The zero-order valence-corrected chi connectivity index (χ0v) is 16.6. The molecule has 30 heavy (non-hydrogen) atoms. The summed E-state index contributed by atoms with van der Waals surface area (Å²) in [6.07, 6.45) is 0. The number of hydrogen-bond donors (Lipinski definition) is 1. The van der Waals surface area contributed by atoms with E-state index in [-0.39, 0.29) is 12.4 Å². The lowest BCUT2D eigenvalue weighted by Gasteiger charge is -2.13. The fourth-order valence-corrected chi connectivity index (χ4v) is 3.10. The summed E-state index contributed by atoms with van der Waals surface area (Å²) < 4.78 is 29.9. The summed E-state index contributed by atoms with van der Waals surface area (Å²) in [6.45, 7) is 0.215. The lowest BCUT2D eigenvalue weighted by Crippen LogP contribution is -2.00. The van der Waals surface area contributed by atoms with Crippen LogP contribution in [0.1, 0.15) is 5.56 Å². The van der Waals surface area contributed by atoms with Gasteiger partial charge in [-0.15, -0.1) is 0 Å². The Morgan fingerprint density at radius 2 is 1.77 bits per heavy atom. The Labute approximate surface area is 173 Å². The molecule has 3 aromatic carbocycles. The normalized spacial score (nSPS) is 10.8. The summed E-state index contributed by atoms with van der Waals surface area (Å²) in [4.78, 5) is 9.04. The molecule has 7 heteroatoms. The monoisotopic (exact) mass is 405 g/mol. The van der Waals surface area contributed by atoms with E-state index < -0.39 is 0 Å². The predicted octanol–water partition coefficient (Wildman–Crippen LogP) is 4.61. The van der Waals surface area contributed by atoms with Gasteiger partial charge in [0.25, 0.3) is 0 Å². The van der Waals surface area contributed by atoms with E-state index in [0.717, 1.165) is 16.5 Å². The Balaban J connectivity index is 1.65. The molecule has 0 bridgehead atoms. The van der Waals surface area contributed by atoms with Gasteiger partial charge in [0.05, 0.1) is 19.7 Å². The number of fused-ring (bicyclic) bond motifs is 1. The van der Waals surface area contributed by atoms with Gasteiger partial charge < -0.3 is 19.9 Å². The van der Waals surface area contributed by atoms with Crippen molar-refractivity contribution in [1.29, 1.82) is 0 Å². The molecule has 0 amide bonds. The number of rotatable bonds is 6. The lowest BCUT2D eigenvalue weighted by molar-refractivity contribution is 0.284. The molecule has 4 rings (SSSR count). The maximum atomic E-state index is 13.4. The van der Waals surface area contributed by atoms with Crippen LogP contribution in [0.15, 0.2) is 60.7 Å². The number of nitrogens with zero attached hydrogens (tertiary/aromatic N) is 2. The predicted molar refractivity (Wildman–Crippen MR) is 113 cm³/mol. The molecular weight excluding hydrogens is 385 g/mol. The van der Waals surface area contributed by atoms with Crippen LogP contribution in [-0.4, -0.2) is 24.2 Å². The first-order valence-electron chi connectivity index (χ1n) is 9.24. The number of anilines is 1. The SMILES string of the molecule is COc1ccc2c(N)nc(-c3ccc(OCc4cccc(F)c4)c(OC)c3)nc2c1. The minimum Gasteiger partial charge on any atom is -0.497 e. The second-order valence-electron chi connectivity index (χ2n) is 6.60. The number of hydrogen-bond acceptors (Lipinski definition) is 6. The Bertz CT molecular complexity index is 1210. The first-order chi connectivity index (χ1) is 14.6. The smallest absolute Gasteiger partial charge is 0.162 e. The van der Waals surface area contributed by atoms with Gasteiger partial charge in [0.1, 0.15) is 24.0 Å². The van der Waals surface area contributed by atoms with E-state index >= 15 is 0 Å². The van der Waals surface area contributed by atoms with Crippen molar-refractivity contribution < 1.29 is 18.6 Å². The van der Waals surface area contributed by atoms with Crippen LogP contribution in [0.25, 0.3) is 22.3 Å². The lowest BCUT2D eigenvalue weighted by atomic mass is 10.1. The van der Waals surface area contributed by atoms with Gasteiger partial charge in [0.2, 0.25) is 0 Å². The fraction of sp³-hybridized carbons (Fsp3) is 0.130. The van der Waals surface area contributed by atoms with E-state index in [0.29, 0.717) is 34.4 Å². The van der Waals surface area contributed by atoms with E-state index in [1.165, 1.54) is 12.1 Å². The molecular formula is C23H20FN3O3. The van der Waals surface area contributed by atoms with Gasteiger partial charge in [-0.2, -0.15) is 0 Å². The van der Waals surface area contributed by atoms with Crippen molar-refractivity contribution in [3.8, 4) is 28.6 Å². The quantitative estimate of drug-likeness (QED) is 0.504. The zero-order valence-electron chi connectivity index (χ0n) is 16.6. The van der Waals surface area contributed by atoms with Gasteiger partial charge in [-0.25, -0.2) is 14.4 Å². The molecule has 1 heterocycles. The van der Waals surface area contributed by atoms with Crippen molar-refractivity contribution in [2.75, 3.05) is 20.0 Å². The van der Waals surface area contributed by atoms with E-state index in [1.807, 2.05) is 24.3 Å². The van der Waals surface area contributed by atoms with Crippen LogP contribution in [0.4, 0.5) is 10.2 Å². The molecule has 0 unspecified atom stereocenters. The Morgan fingerprint density at radius 3 is 2.53 bits per heavy atom. The van der Waals surface area contributed by atoms with E-state index in [9.17, 15) is 4.39 Å². The van der Waals surface area contributed by atoms with Crippen LogP contribution in [0.3, 0.4) is 0 Å². The average Bonchev–Trinajstić information content (AvgIpc) is 2.77. The Hall–Kier alpha value is -3.87. The van der Waals surface area contributed by atoms with Crippen LogP contribution in [0.5, 0.6) is 17.2 Å². The number of halogens is 1. The molecule has 0 atom stereocenters. The summed E-state index contributed by atoms with van der Waals surface area (Å²) in [6, 6.07) is 17.1. The maximum Gasteiger partial charge on any atom is 0.162 e. The fourth-order valence-electron chi connectivity index (χ4n) is 3.10. The summed E-state index contributed by atoms with van der Waals surface area (Å²) in [5, 5.41) is 0.751. The van der Waals surface area contributed by atoms with Crippen LogP contribution in [0.2, 0.25) is 0 Å². The number of nitrogen functional groups attached to an aromatic ring is 1. The van der Waals surface area contributed by atoms with Gasteiger partial charge in [-0.05, 0) is 48.0 Å². The molecule has 0 aliphatic heterocycles. The molecule has 0 spiro atoms. The highest BCUT2D eigenvalue weighted by Crippen LogP contribution is 2.33. The highest BCUT2D eigenvalue weighted by molar-refractivity contribution is 5.90. The number of methoxy groups -OCH3 is 2. The first-order valence-corrected chi connectivity index (χ1v) is 9.24. The minimum atomic E-state index is -0.305. The highest BCUT2D eigenvalue weighted by Gasteiger charge is 2.12. The number of benzene rings is 3. The second-order valence-corrected chi connectivity index (χ2v) is 6.60. The zero-order chi connectivity index (χ0) is 21.1. The topological polar surface area (TPSA) is 79.5 Å². The highest BCUT2D eigenvalue weighted by atomic mass is 19.1. The van der Waals surface area contributed by atoms with Crippen molar-refractivity contribution in [3.05, 3.63) is 72.0 Å². The summed E-state index contributed by atoms with van der Waals surface area (Å²) in [5.74, 6) is 2.26. The number of nitrogens with two attached hydrogens (primary N) is 1. The molecule has 1 aromatic heterocycles. The molecule has 0 radical (unpaired) electrons. The Morgan fingerprint density at radius 1 is 0.900 bits per heavy atom. The molecule has 2 N–H and O–H groups in total. The maximum absolute atomic E-state index is 13.4. The Kier molecular flexibility index (Phi) is 5.34. The molecule has 4 aromatic rings. The molecule has 152 valence electrons. The second kappa shape index (κ2) is 8.24.